The van der Waals surface area contributed by atoms with Crippen molar-refractivity contribution in [2.24, 2.45) is 0 Å². The van der Waals surface area contributed by atoms with E-state index >= 15 is 0 Å². The van der Waals surface area contributed by atoms with E-state index in [1.165, 1.54) is 16.7 Å². The Morgan fingerprint density at radius 3 is 2.80 bits per heavy atom. The summed E-state index contributed by atoms with van der Waals surface area (Å²) in [6.07, 6.45) is 0. The van der Waals surface area contributed by atoms with Crippen molar-refractivity contribution < 1.29 is 4.74 Å². The second-order valence-corrected chi connectivity index (χ2v) is 7.40. The smallest absolute Gasteiger partial charge is 0.137 e. The van der Waals surface area contributed by atoms with E-state index in [4.69, 9.17) is 16.3 Å². The highest BCUT2D eigenvalue weighted by atomic mass is 35.5. The molecule has 0 radical (unpaired) electrons. The molecule has 1 heterocycles. The van der Waals surface area contributed by atoms with Crippen LogP contribution in [0, 0.1) is 0 Å². The highest BCUT2D eigenvalue weighted by Gasteiger charge is 2.23. The predicted octanol–water partition coefficient (Wildman–Crippen LogP) is 4.62. The van der Waals surface area contributed by atoms with Crippen molar-refractivity contribution in [3.05, 3.63) is 64.2 Å². The number of methoxy groups -OCH3 is 1. The topological polar surface area (TPSA) is 24.5 Å². The molecule has 4 heteroatoms. The zero-order valence-electron chi connectivity index (χ0n) is 15.3. The minimum Gasteiger partial charge on any atom is -0.495 e. The normalized spacial score (nSPS) is 18.5. The van der Waals surface area contributed by atoms with Gasteiger partial charge in [-0.3, -0.25) is 4.90 Å². The van der Waals surface area contributed by atoms with Gasteiger partial charge in [0.15, 0.2) is 0 Å². The van der Waals surface area contributed by atoms with Crippen molar-refractivity contribution in [1.82, 2.24) is 10.2 Å². The Kier molecular flexibility index (Phi) is 6.00. The fourth-order valence-electron chi connectivity index (χ4n) is 3.58. The van der Waals surface area contributed by atoms with E-state index in [1.807, 2.05) is 12.1 Å². The van der Waals surface area contributed by atoms with E-state index in [0.717, 1.165) is 31.9 Å². The maximum Gasteiger partial charge on any atom is 0.137 e. The molecule has 1 aliphatic heterocycles. The first-order valence-electron chi connectivity index (χ1n) is 8.95. The summed E-state index contributed by atoms with van der Waals surface area (Å²) in [6, 6.07) is 15.2. The summed E-state index contributed by atoms with van der Waals surface area (Å²) in [6.45, 7) is 8.50. The molecule has 0 amide bonds. The molecule has 3 rings (SSSR count). The third-order valence-electron chi connectivity index (χ3n) is 4.87. The number of halogens is 1. The van der Waals surface area contributed by atoms with Crippen LogP contribution in [0.25, 0.3) is 0 Å². The molecule has 1 atom stereocenters. The zero-order chi connectivity index (χ0) is 17.8. The standard InChI is InChI=1S/C21H27ClN2O/c1-15(2)17-6-4-5-7-18(17)20-14-24(11-10-23-20)13-16-8-9-19(22)21(12-16)25-3/h4-9,12,15,20,23H,10-11,13-14H2,1-3H3. The van der Waals surface area contributed by atoms with Crippen molar-refractivity contribution in [2.75, 3.05) is 26.7 Å². The number of rotatable bonds is 5. The highest BCUT2D eigenvalue weighted by molar-refractivity contribution is 6.32. The number of hydrogen-bond donors (Lipinski definition) is 1. The van der Waals surface area contributed by atoms with Crippen LogP contribution < -0.4 is 10.1 Å². The molecule has 0 aromatic heterocycles. The van der Waals surface area contributed by atoms with Gasteiger partial charge in [-0.25, -0.2) is 0 Å². The van der Waals surface area contributed by atoms with E-state index in [0.29, 0.717) is 17.0 Å². The summed E-state index contributed by atoms with van der Waals surface area (Å²) >= 11 is 6.14. The lowest BCUT2D eigenvalue weighted by atomic mass is 9.92. The van der Waals surface area contributed by atoms with E-state index in [2.05, 4.69) is 54.4 Å². The van der Waals surface area contributed by atoms with Gasteiger partial charge in [-0.15, -0.1) is 0 Å². The molecule has 1 unspecified atom stereocenters. The molecule has 0 spiro atoms. The third kappa shape index (κ3) is 4.35. The molecule has 2 aromatic carbocycles. The van der Waals surface area contributed by atoms with Gasteiger partial charge in [-0.1, -0.05) is 55.8 Å². The molecule has 25 heavy (non-hydrogen) atoms. The van der Waals surface area contributed by atoms with Crippen LogP contribution in [0.1, 0.15) is 42.5 Å². The van der Waals surface area contributed by atoms with Crippen molar-refractivity contribution in [3.8, 4) is 5.75 Å². The van der Waals surface area contributed by atoms with Crippen LogP contribution in [0.15, 0.2) is 42.5 Å². The molecule has 0 bridgehead atoms. The average Bonchev–Trinajstić information content (AvgIpc) is 2.63. The molecule has 134 valence electrons. The van der Waals surface area contributed by atoms with Crippen LogP contribution in [0.2, 0.25) is 5.02 Å². The Morgan fingerprint density at radius 1 is 1.24 bits per heavy atom. The van der Waals surface area contributed by atoms with Crippen molar-refractivity contribution in [1.29, 1.82) is 0 Å². The fraction of sp³-hybridized carbons (Fsp3) is 0.429. The lowest BCUT2D eigenvalue weighted by Crippen LogP contribution is -2.45. The van der Waals surface area contributed by atoms with Crippen LogP contribution >= 0.6 is 11.6 Å². The summed E-state index contributed by atoms with van der Waals surface area (Å²) in [4.78, 5) is 2.50. The van der Waals surface area contributed by atoms with Crippen molar-refractivity contribution >= 4 is 11.6 Å². The van der Waals surface area contributed by atoms with Crippen LogP contribution in [0.5, 0.6) is 5.75 Å². The van der Waals surface area contributed by atoms with Gasteiger partial charge in [0.2, 0.25) is 0 Å². The van der Waals surface area contributed by atoms with Gasteiger partial charge >= 0.3 is 0 Å². The van der Waals surface area contributed by atoms with Crippen LogP contribution in [-0.4, -0.2) is 31.6 Å². The first-order chi connectivity index (χ1) is 12.1. The zero-order valence-corrected chi connectivity index (χ0v) is 16.0. The molecule has 0 saturated carbocycles. The van der Waals surface area contributed by atoms with E-state index in [9.17, 15) is 0 Å². The molecule has 2 aromatic rings. The molecule has 1 N–H and O–H groups in total. The second-order valence-electron chi connectivity index (χ2n) is 6.99. The summed E-state index contributed by atoms with van der Waals surface area (Å²) < 4.78 is 5.34. The van der Waals surface area contributed by atoms with Crippen LogP contribution in [0.4, 0.5) is 0 Å². The molecule has 0 aliphatic carbocycles. The first-order valence-corrected chi connectivity index (χ1v) is 9.33. The lowest BCUT2D eigenvalue weighted by Gasteiger charge is -2.35. The van der Waals surface area contributed by atoms with Crippen molar-refractivity contribution in [3.63, 3.8) is 0 Å². The number of benzene rings is 2. The van der Waals surface area contributed by atoms with Crippen LogP contribution in [0.3, 0.4) is 0 Å². The third-order valence-corrected chi connectivity index (χ3v) is 5.19. The summed E-state index contributed by atoms with van der Waals surface area (Å²) in [5, 5.41) is 4.35. The Labute approximate surface area is 155 Å². The van der Waals surface area contributed by atoms with Gasteiger partial charge in [0, 0.05) is 32.2 Å². The number of ether oxygens (including phenoxy) is 1. The second kappa shape index (κ2) is 8.22. The molecule has 3 nitrogen and oxygen atoms in total. The van der Waals surface area contributed by atoms with E-state index in [1.54, 1.807) is 7.11 Å². The summed E-state index contributed by atoms with van der Waals surface area (Å²) in [5.74, 6) is 1.28. The van der Waals surface area contributed by atoms with E-state index in [-0.39, 0.29) is 0 Å². The van der Waals surface area contributed by atoms with Gasteiger partial charge in [-0.2, -0.15) is 0 Å². The average molecular weight is 359 g/mol. The van der Waals surface area contributed by atoms with Gasteiger partial charge in [0.1, 0.15) is 5.75 Å². The Bertz CT molecular complexity index is 717. The van der Waals surface area contributed by atoms with Gasteiger partial charge < -0.3 is 10.1 Å². The van der Waals surface area contributed by atoms with E-state index < -0.39 is 0 Å². The number of nitrogens with one attached hydrogen (secondary N) is 1. The maximum atomic E-state index is 6.14. The number of hydrogen-bond acceptors (Lipinski definition) is 3. The SMILES string of the molecule is COc1cc(CN2CCNC(c3ccccc3C(C)C)C2)ccc1Cl. The Morgan fingerprint density at radius 2 is 2.04 bits per heavy atom. The minimum atomic E-state index is 0.376. The fourth-order valence-corrected chi connectivity index (χ4v) is 3.77. The summed E-state index contributed by atoms with van der Waals surface area (Å²) in [5.41, 5.74) is 4.10. The molecule has 1 fully saturated rings. The molecule has 1 aliphatic rings. The minimum absolute atomic E-state index is 0.376. The molecule has 1 saturated heterocycles. The monoisotopic (exact) mass is 358 g/mol. The highest BCUT2D eigenvalue weighted by Crippen LogP contribution is 2.29. The van der Waals surface area contributed by atoms with Gasteiger partial charge in [0.05, 0.1) is 12.1 Å². The Hall–Kier alpha value is -1.55. The molecular weight excluding hydrogens is 332 g/mol. The van der Waals surface area contributed by atoms with Crippen LogP contribution in [-0.2, 0) is 6.54 Å². The lowest BCUT2D eigenvalue weighted by molar-refractivity contribution is 0.192. The Balaban J connectivity index is 1.74. The van der Waals surface area contributed by atoms with Gasteiger partial charge in [0.25, 0.3) is 0 Å². The first kappa shape index (κ1) is 18.2. The number of piperazine rings is 1. The quantitative estimate of drug-likeness (QED) is 0.844. The van der Waals surface area contributed by atoms with Gasteiger partial charge in [-0.05, 0) is 34.7 Å². The summed E-state index contributed by atoms with van der Waals surface area (Å²) in [7, 11) is 1.66. The van der Waals surface area contributed by atoms with Crippen molar-refractivity contribution in [2.45, 2.75) is 32.4 Å². The number of nitrogens with zero attached hydrogens (tertiary/aromatic N) is 1. The largest absolute Gasteiger partial charge is 0.495 e. The molecular formula is C21H27ClN2O. The maximum absolute atomic E-state index is 6.14. The predicted molar refractivity (Wildman–Crippen MR) is 105 cm³/mol.